The number of imide groups is 1. The lowest BCUT2D eigenvalue weighted by atomic mass is 9.77. The second-order valence-electron chi connectivity index (χ2n) is 7.10. The van der Waals surface area contributed by atoms with Crippen LogP contribution in [0.4, 0.5) is 9.18 Å². The number of carbonyl (C=O) groups excluding carboxylic acids is 3. The minimum atomic E-state index is -0.852. The van der Waals surface area contributed by atoms with Crippen LogP contribution in [0.1, 0.15) is 38.2 Å². The maximum absolute atomic E-state index is 13.3. The van der Waals surface area contributed by atoms with Gasteiger partial charge in [0.2, 0.25) is 5.91 Å². The molecule has 3 rings (SSSR count). The molecule has 26 heavy (non-hydrogen) atoms. The molecule has 1 aliphatic heterocycles. The summed E-state index contributed by atoms with van der Waals surface area (Å²) in [5.74, 6) is -0.658. The van der Waals surface area contributed by atoms with Gasteiger partial charge in [-0.3, -0.25) is 14.5 Å². The molecule has 1 spiro atoms. The van der Waals surface area contributed by atoms with Crippen LogP contribution in [0.3, 0.4) is 0 Å². The van der Waals surface area contributed by atoms with Gasteiger partial charge in [-0.2, -0.15) is 0 Å². The Hall–Kier alpha value is -1.96. The van der Waals surface area contributed by atoms with E-state index in [-0.39, 0.29) is 19.0 Å². The zero-order valence-corrected chi connectivity index (χ0v) is 16.1. The minimum absolute atomic E-state index is 0.101. The van der Waals surface area contributed by atoms with Gasteiger partial charge >= 0.3 is 6.03 Å². The van der Waals surface area contributed by atoms with Crippen LogP contribution in [0.15, 0.2) is 22.7 Å². The lowest BCUT2D eigenvalue weighted by molar-refractivity contribution is -0.136. The van der Waals surface area contributed by atoms with Gasteiger partial charge < -0.3 is 10.6 Å². The molecule has 1 aromatic rings. The van der Waals surface area contributed by atoms with E-state index < -0.39 is 23.3 Å². The third-order valence-electron chi connectivity index (χ3n) is 5.16. The van der Waals surface area contributed by atoms with Crippen molar-refractivity contribution in [1.29, 1.82) is 0 Å². The van der Waals surface area contributed by atoms with Crippen LogP contribution in [0.5, 0.6) is 0 Å². The Morgan fingerprint density at radius 1 is 1.38 bits per heavy atom. The van der Waals surface area contributed by atoms with Gasteiger partial charge in [0.1, 0.15) is 17.9 Å². The molecule has 2 N–H and O–H groups in total. The molecule has 2 fully saturated rings. The van der Waals surface area contributed by atoms with E-state index >= 15 is 0 Å². The third-order valence-corrected chi connectivity index (χ3v) is 5.93. The molecule has 0 unspecified atom stereocenters. The van der Waals surface area contributed by atoms with Crippen molar-refractivity contribution in [3.05, 3.63) is 34.1 Å². The van der Waals surface area contributed by atoms with E-state index in [9.17, 15) is 18.8 Å². The second kappa shape index (κ2) is 7.34. The summed E-state index contributed by atoms with van der Waals surface area (Å²) < 4.78 is 14.0. The largest absolute Gasteiger partial charge is 0.350 e. The van der Waals surface area contributed by atoms with Crippen LogP contribution >= 0.6 is 15.9 Å². The van der Waals surface area contributed by atoms with Gasteiger partial charge in [0.15, 0.2) is 0 Å². The predicted octanol–water partition coefficient (Wildman–Crippen LogP) is 2.71. The number of nitrogens with one attached hydrogen (secondary N) is 2. The van der Waals surface area contributed by atoms with E-state index in [1.54, 1.807) is 6.07 Å². The maximum atomic E-state index is 13.3. The lowest BCUT2D eigenvalue weighted by Crippen LogP contribution is -2.49. The first-order chi connectivity index (χ1) is 12.3. The highest BCUT2D eigenvalue weighted by molar-refractivity contribution is 9.10. The van der Waals surface area contributed by atoms with Gasteiger partial charge in [-0.25, -0.2) is 9.18 Å². The molecule has 1 aliphatic carbocycles. The topological polar surface area (TPSA) is 78.5 Å². The zero-order valence-electron chi connectivity index (χ0n) is 14.5. The first-order valence-electron chi connectivity index (χ1n) is 8.65. The molecule has 1 saturated carbocycles. The normalized spacial score (nSPS) is 25.5. The van der Waals surface area contributed by atoms with Crippen LogP contribution in [0, 0.1) is 11.7 Å². The molecule has 1 heterocycles. The molecule has 0 atom stereocenters. The van der Waals surface area contributed by atoms with Crippen LogP contribution in [0.25, 0.3) is 0 Å². The number of benzene rings is 1. The van der Waals surface area contributed by atoms with Crippen molar-refractivity contribution >= 4 is 33.8 Å². The quantitative estimate of drug-likeness (QED) is 0.727. The summed E-state index contributed by atoms with van der Waals surface area (Å²) in [6.45, 7) is 1.89. The number of amides is 4. The van der Waals surface area contributed by atoms with Crippen molar-refractivity contribution in [2.45, 2.75) is 44.7 Å². The fourth-order valence-corrected chi connectivity index (χ4v) is 3.87. The average molecular weight is 426 g/mol. The number of halogens is 2. The van der Waals surface area contributed by atoms with Gasteiger partial charge in [-0.15, -0.1) is 0 Å². The average Bonchev–Trinajstić information content (AvgIpc) is 2.83. The van der Waals surface area contributed by atoms with Crippen LogP contribution in [0.2, 0.25) is 0 Å². The Morgan fingerprint density at radius 3 is 2.77 bits per heavy atom. The molecule has 4 amide bonds. The van der Waals surface area contributed by atoms with E-state index in [1.165, 1.54) is 12.1 Å². The summed E-state index contributed by atoms with van der Waals surface area (Å²) in [5, 5.41) is 5.41. The Bertz CT molecular complexity index is 747. The fourth-order valence-electron chi connectivity index (χ4n) is 3.49. The molecule has 0 aromatic heterocycles. The molecule has 8 heteroatoms. The molecule has 6 nitrogen and oxygen atoms in total. The van der Waals surface area contributed by atoms with Crippen molar-refractivity contribution < 1.29 is 18.8 Å². The van der Waals surface area contributed by atoms with Gasteiger partial charge in [0, 0.05) is 11.0 Å². The van der Waals surface area contributed by atoms with Crippen LogP contribution in [-0.2, 0) is 16.1 Å². The number of hydrogen-bond donors (Lipinski definition) is 2. The first kappa shape index (κ1) is 18.8. The van der Waals surface area contributed by atoms with Crippen LogP contribution < -0.4 is 10.6 Å². The summed E-state index contributed by atoms with van der Waals surface area (Å²) in [7, 11) is 0. The van der Waals surface area contributed by atoms with Gasteiger partial charge in [-0.1, -0.05) is 22.9 Å². The maximum Gasteiger partial charge on any atom is 0.325 e. The highest BCUT2D eigenvalue weighted by Gasteiger charge is 2.52. The Kier molecular flexibility index (Phi) is 5.32. The summed E-state index contributed by atoms with van der Waals surface area (Å²) in [6, 6.07) is 3.66. The van der Waals surface area contributed by atoms with Crippen molar-refractivity contribution in [1.82, 2.24) is 15.5 Å². The Morgan fingerprint density at radius 2 is 2.08 bits per heavy atom. The lowest BCUT2D eigenvalue weighted by Gasteiger charge is -2.33. The molecule has 2 aliphatic rings. The fraction of sp³-hybridized carbons (Fsp3) is 0.500. The highest BCUT2D eigenvalue weighted by atomic mass is 79.9. The molecule has 1 saturated heterocycles. The van der Waals surface area contributed by atoms with Crippen molar-refractivity contribution in [3.8, 4) is 0 Å². The Labute approximate surface area is 159 Å². The number of urea groups is 1. The summed E-state index contributed by atoms with van der Waals surface area (Å²) in [6.07, 6.45) is 2.96. The summed E-state index contributed by atoms with van der Waals surface area (Å²) >= 11 is 3.29. The van der Waals surface area contributed by atoms with Crippen molar-refractivity contribution in [2.24, 2.45) is 5.92 Å². The van der Waals surface area contributed by atoms with Gasteiger partial charge in [-0.05, 0) is 55.4 Å². The van der Waals surface area contributed by atoms with E-state index in [0.29, 0.717) is 28.8 Å². The monoisotopic (exact) mass is 425 g/mol. The summed E-state index contributed by atoms with van der Waals surface area (Å²) in [5.41, 5.74) is -0.275. The summed E-state index contributed by atoms with van der Waals surface area (Å²) in [4.78, 5) is 38.1. The van der Waals surface area contributed by atoms with E-state index in [4.69, 9.17) is 0 Å². The van der Waals surface area contributed by atoms with Crippen molar-refractivity contribution in [2.75, 3.05) is 6.54 Å². The molecule has 140 valence electrons. The number of rotatable bonds is 4. The van der Waals surface area contributed by atoms with Crippen LogP contribution in [-0.4, -0.2) is 34.8 Å². The standard InChI is InChI=1S/C18H21BrFN3O3/c1-11-4-6-18(7-5-11)16(25)23(17(26)22-18)10-15(24)21-9-12-8-13(20)2-3-14(12)19/h2-3,8,11H,4-7,9-10H2,1H3,(H,21,24)(H,22,26). The number of carbonyl (C=O) groups is 3. The molecule has 1 aromatic carbocycles. The van der Waals surface area contributed by atoms with E-state index in [1.807, 2.05) is 0 Å². The minimum Gasteiger partial charge on any atom is -0.350 e. The second-order valence-corrected chi connectivity index (χ2v) is 7.95. The predicted molar refractivity (Wildman–Crippen MR) is 96.6 cm³/mol. The molecular weight excluding hydrogens is 405 g/mol. The third kappa shape index (κ3) is 3.75. The van der Waals surface area contributed by atoms with E-state index in [2.05, 4.69) is 33.5 Å². The molecule has 0 radical (unpaired) electrons. The smallest absolute Gasteiger partial charge is 0.325 e. The van der Waals surface area contributed by atoms with E-state index in [0.717, 1.165) is 17.7 Å². The highest BCUT2D eigenvalue weighted by Crippen LogP contribution is 2.36. The van der Waals surface area contributed by atoms with Crippen molar-refractivity contribution in [3.63, 3.8) is 0 Å². The SMILES string of the molecule is CC1CCC2(CC1)NC(=O)N(CC(=O)NCc1cc(F)ccc1Br)C2=O. The zero-order chi connectivity index (χ0) is 18.9. The number of hydrogen-bond acceptors (Lipinski definition) is 3. The molecular formula is C18H21BrFN3O3. The van der Waals surface area contributed by atoms with Gasteiger partial charge in [0.25, 0.3) is 5.91 Å². The number of nitrogens with zero attached hydrogens (tertiary/aromatic N) is 1. The Balaban J connectivity index is 1.60. The van der Waals surface area contributed by atoms with Gasteiger partial charge in [0.05, 0.1) is 0 Å². The molecule has 0 bridgehead atoms. The first-order valence-corrected chi connectivity index (χ1v) is 9.45.